The molecule has 2 heterocycles. The van der Waals surface area contributed by atoms with Gasteiger partial charge in [-0.2, -0.15) is 0 Å². The van der Waals surface area contributed by atoms with E-state index in [-0.39, 0.29) is 5.91 Å². The highest BCUT2D eigenvalue weighted by Gasteiger charge is 2.22. The number of likely N-dealkylation sites (tertiary alicyclic amines) is 1. The summed E-state index contributed by atoms with van der Waals surface area (Å²) in [6.07, 6.45) is 4.90. The first-order chi connectivity index (χ1) is 12.1. The third-order valence-electron chi connectivity index (χ3n) is 4.56. The van der Waals surface area contributed by atoms with E-state index in [1.54, 1.807) is 6.20 Å². The van der Waals surface area contributed by atoms with Crippen LogP contribution >= 0.6 is 11.6 Å². The summed E-state index contributed by atoms with van der Waals surface area (Å²) in [5.41, 5.74) is 2.64. The number of nitrogens with one attached hydrogen (secondary N) is 1. The van der Waals surface area contributed by atoms with Crippen LogP contribution in [0, 0.1) is 5.92 Å². The minimum atomic E-state index is 0.0389. The molecule has 25 heavy (non-hydrogen) atoms. The van der Waals surface area contributed by atoms with Gasteiger partial charge in [-0.25, -0.2) is 4.98 Å². The number of pyridine rings is 1. The highest BCUT2D eigenvalue weighted by Crippen LogP contribution is 2.18. The van der Waals surface area contributed by atoms with Crippen molar-refractivity contribution in [3.63, 3.8) is 0 Å². The van der Waals surface area contributed by atoms with E-state index in [0.717, 1.165) is 43.2 Å². The van der Waals surface area contributed by atoms with Crippen molar-refractivity contribution < 1.29 is 4.79 Å². The molecule has 1 aromatic carbocycles. The lowest BCUT2D eigenvalue weighted by Gasteiger charge is -2.30. The van der Waals surface area contributed by atoms with Gasteiger partial charge in [0.2, 0.25) is 0 Å². The average molecular weight is 358 g/mol. The van der Waals surface area contributed by atoms with E-state index in [1.165, 1.54) is 12.0 Å². The monoisotopic (exact) mass is 357 g/mol. The van der Waals surface area contributed by atoms with Crippen LogP contribution in [0.5, 0.6) is 0 Å². The van der Waals surface area contributed by atoms with E-state index in [4.69, 9.17) is 11.6 Å². The number of benzene rings is 1. The second kappa shape index (κ2) is 8.34. The Balaban J connectivity index is 1.52. The molecule has 1 aromatic heterocycles. The molecule has 0 aliphatic carbocycles. The summed E-state index contributed by atoms with van der Waals surface area (Å²) in [5.74, 6) is 0.613. The van der Waals surface area contributed by atoms with Crippen molar-refractivity contribution in [3.8, 4) is 0 Å². The number of aromatic nitrogens is 1. The largest absolute Gasteiger partial charge is 0.383 e. The summed E-state index contributed by atoms with van der Waals surface area (Å²) in [7, 11) is 0. The van der Waals surface area contributed by atoms with Crippen LogP contribution in [0.15, 0.2) is 42.6 Å². The molecule has 1 unspecified atom stereocenters. The van der Waals surface area contributed by atoms with Crippen molar-refractivity contribution in [2.45, 2.75) is 26.2 Å². The van der Waals surface area contributed by atoms with Crippen molar-refractivity contribution in [1.29, 1.82) is 0 Å². The fraction of sp³-hybridized carbons (Fsp3) is 0.400. The van der Waals surface area contributed by atoms with Crippen molar-refractivity contribution in [2.75, 3.05) is 25.0 Å². The Kier molecular flexibility index (Phi) is 5.92. The molecular formula is C20H24ClN3O. The number of hydrogen-bond acceptors (Lipinski definition) is 3. The molecule has 0 bridgehead atoms. The van der Waals surface area contributed by atoms with E-state index in [2.05, 4.69) is 23.3 Å². The molecule has 1 amide bonds. The Morgan fingerprint density at radius 2 is 2.24 bits per heavy atom. The van der Waals surface area contributed by atoms with Crippen LogP contribution in [0.3, 0.4) is 0 Å². The summed E-state index contributed by atoms with van der Waals surface area (Å²) in [6.45, 7) is 4.66. The fourth-order valence-corrected chi connectivity index (χ4v) is 3.42. The predicted molar refractivity (Wildman–Crippen MR) is 102 cm³/mol. The number of hydrogen-bond donors (Lipinski definition) is 1. The van der Waals surface area contributed by atoms with Crippen LogP contribution in [0.1, 0.15) is 35.8 Å². The molecule has 3 rings (SSSR count). The van der Waals surface area contributed by atoms with Crippen LogP contribution in [-0.2, 0) is 6.42 Å². The molecule has 5 heteroatoms. The molecule has 0 radical (unpaired) electrons. The zero-order valence-electron chi connectivity index (χ0n) is 14.5. The lowest BCUT2D eigenvalue weighted by molar-refractivity contribution is 0.0677. The maximum atomic E-state index is 12.5. The number of carbonyl (C=O) groups is 1. The standard InChI is InChI=1S/C20H24ClN3O/c1-15-4-3-11-24(14-15)20(25)19-8-7-18(13-23-19)22-10-9-16-5-2-6-17(21)12-16/h2,5-8,12-13,15,22H,3-4,9-11,14H2,1H3. The van der Waals surface area contributed by atoms with E-state index < -0.39 is 0 Å². The Morgan fingerprint density at radius 3 is 2.96 bits per heavy atom. The summed E-state index contributed by atoms with van der Waals surface area (Å²) < 4.78 is 0. The molecular weight excluding hydrogens is 334 g/mol. The SMILES string of the molecule is CC1CCCN(C(=O)c2ccc(NCCc3cccc(Cl)c3)cn2)C1. The summed E-state index contributed by atoms with van der Waals surface area (Å²) in [4.78, 5) is 18.8. The predicted octanol–water partition coefficient (Wildman–Crippen LogP) is 4.26. The van der Waals surface area contributed by atoms with Gasteiger partial charge in [-0.1, -0.05) is 30.7 Å². The number of piperidine rings is 1. The van der Waals surface area contributed by atoms with Gasteiger partial charge in [0, 0.05) is 24.7 Å². The quantitative estimate of drug-likeness (QED) is 0.869. The minimum absolute atomic E-state index is 0.0389. The number of amides is 1. The van der Waals surface area contributed by atoms with Gasteiger partial charge in [-0.15, -0.1) is 0 Å². The van der Waals surface area contributed by atoms with Gasteiger partial charge in [0.1, 0.15) is 5.69 Å². The number of carbonyl (C=O) groups excluding carboxylic acids is 1. The van der Waals surface area contributed by atoms with Gasteiger partial charge in [-0.05, 0) is 55.0 Å². The third kappa shape index (κ3) is 4.95. The highest BCUT2D eigenvalue weighted by atomic mass is 35.5. The molecule has 1 atom stereocenters. The van der Waals surface area contributed by atoms with Gasteiger partial charge >= 0.3 is 0 Å². The van der Waals surface area contributed by atoms with Crippen molar-refractivity contribution in [1.82, 2.24) is 9.88 Å². The molecule has 1 aliphatic rings. The average Bonchev–Trinajstić information content (AvgIpc) is 2.62. The Morgan fingerprint density at radius 1 is 1.36 bits per heavy atom. The van der Waals surface area contributed by atoms with Crippen LogP contribution in [0.25, 0.3) is 0 Å². The first-order valence-electron chi connectivity index (χ1n) is 8.85. The number of nitrogens with zero attached hydrogens (tertiary/aromatic N) is 2. The van der Waals surface area contributed by atoms with E-state index >= 15 is 0 Å². The first kappa shape index (κ1) is 17.7. The number of halogens is 1. The smallest absolute Gasteiger partial charge is 0.272 e. The lowest BCUT2D eigenvalue weighted by atomic mass is 10.00. The number of rotatable bonds is 5. The maximum absolute atomic E-state index is 12.5. The molecule has 1 saturated heterocycles. The van der Waals surface area contributed by atoms with Gasteiger partial charge in [0.05, 0.1) is 11.9 Å². The van der Waals surface area contributed by atoms with Crippen LogP contribution in [-0.4, -0.2) is 35.4 Å². The molecule has 2 aromatic rings. The van der Waals surface area contributed by atoms with Crippen LogP contribution < -0.4 is 5.32 Å². The summed E-state index contributed by atoms with van der Waals surface area (Å²) in [5, 5.41) is 4.09. The second-order valence-corrected chi connectivity index (χ2v) is 7.17. The molecule has 1 N–H and O–H groups in total. The molecule has 1 fully saturated rings. The lowest BCUT2D eigenvalue weighted by Crippen LogP contribution is -2.39. The Hall–Kier alpha value is -2.07. The van der Waals surface area contributed by atoms with E-state index in [1.807, 2.05) is 35.2 Å². The topological polar surface area (TPSA) is 45.2 Å². The van der Waals surface area contributed by atoms with E-state index in [9.17, 15) is 4.79 Å². The number of anilines is 1. The maximum Gasteiger partial charge on any atom is 0.272 e. The fourth-order valence-electron chi connectivity index (χ4n) is 3.20. The Bertz CT molecular complexity index is 717. The molecule has 1 aliphatic heterocycles. The summed E-state index contributed by atoms with van der Waals surface area (Å²) in [6, 6.07) is 11.6. The van der Waals surface area contributed by atoms with Gasteiger partial charge in [0.25, 0.3) is 5.91 Å². The summed E-state index contributed by atoms with van der Waals surface area (Å²) >= 11 is 5.99. The highest BCUT2D eigenvalue weighted by molar-refractivity contribution is 6.30. The van der Waals surface area contributed by atoms with Crippen LogP contribution in [0.4, 0.5) is 5.69 Å². The van der Waals surface area contributed by atoms with Crippen molar-refractivity contribution in [3.05, 3.63) is 58.9 Å². The molecule has 4 nitrogen and oxygen atoms in total. The molecule has 132 valence electrons. The third-order valence-corrected chi connectivity index (χ3v) is 4.79. The van der Waals surface area contributed by atoms with Crippen molar-refractivity contribution >= 4 is 23.2 Å². The van der Waals surface area contributed by atoms with Gasteiger partial charge in [0.15, 0.2) is 0 Å². The zero-order chi connectivity index (χ0) is 17.6. The Labute approximate surface area is 154 Å². The van der Waals surface area contributed by atoms with Gasteiger partial charge in [-0.3, -0.25) is 4.79 Å². The van der Waals surface area contributed by atoms with Crippen LogP contribution in [0.2, 0.25) is 5.02 Å². The van der Waals surface area contributed by atoms with E-state index in [0.29, 0.717) is 11.6 Å². The van der Waals surface area contributed by atoms with Crippen molar-refractivity contribution in [2.24, 2.45) is 5.92 Å². The zero-order valence-corrected chi connectivity index (χ0v) is 15.3. The first-order valence-corrected chi connectivity index (χ1v) is 9.23. The molecule has 0 saturated carbocycles. The van der Waals surface area contributed by atoms with Gasteiger partial charge < -0.3 is 10.2 Å². The minimum Gasteiger partial charge on any atom is -0.383 e. The molecule has 0 spiro atoms. The second-order valence-electron chi connectivity index (χ2n) is 6.74. The normalized spacial score (nSPS) is 17.4.